The number of aromatic nitrogens is 4. The van der Waals surface area contributed by atoms with Crippen molar-refractivity contribution in [3.63, 3.8) is 0 Å². The molecule has 2 heterocycles. The summed E-state index contributed by atoms with van der Waals surface area (Å²) < 4.78 is 2.70. The first-order valence-corrected chi connectivity index (χ1v) is 7.00. The predicted octanol–water partition coefficient (Wildman–Crippen LogP) is 0.690. The molecule has 21 heavy (non-hydrogen) atoms. The van der Waals surface area contributed by atoms with Gasteiger partial charge in [-0.1, -0.05) is 6.92 Å². The van der Waals surface area contributed by atoms with Gasteiger partial charge in [0, 0.05) is 25.4 Å². The molecule has 2 rings (SSSR count). The number of aryl methyl sites for hydroxylation is 1. The lowest BCUT2D eigenvalue weighted by Crippen LogP contribution is -2.39. The molecule has 0 atom stereocenters. The monoisotopic (exact) mass is 289 g/mol. The molecule has 0 spiro atoms. The molecule has 0 aliphatic rings. The van der Waals surface area contributed by atoms with Crippen molar-refractivity contribution in [3.8, 4) is 0 Å². The smallest absolute Gasteiger partial charge is 0.331 e. The third-order valence-electron chi connectivity index (χ3n) is 2.99. The minimum atomic E-state index is -0.329. The first-order valence-electron chi connectivity index (χ1n) is 7.00. The fraction of sp³-hybridized carbons (Fsp3) is 0.429. The van der Waals surface area contributed by atoms with E-state index < -0.39 is 0 Å². The van der Waals surface area contributed by atoms with E-state index in [4.69, 9.17) is 0 Å². The van der Waals surface area contributed by atoms with Crippen molar-refractivity contribution in [2.75, 3.05) is 11.9 Å². The molecule has 0 unspecified atom stereocenters. The molecule has 0 aromatic carbocycles. The van der Waals surface area contributed by atoms with Crippen molar-refractivity contribution in [2.45, 2.75) is 33.4 Å². The standard InChI is InChI=1S/C14H19N5O2/c1-3-6-18-7-5-13(20)19(14(18)21)10-11-8-17-12(9-16-11)15-4-2/h5,7-9H,3-4,6,10H2,1-2H3,(H,15,17). The SMILES string of the molecule is CCCn1ccc(=O)n(Cc2cnc(NCC)cn2)c1=O. The fourth-order valence-corrected chi connectivity index (χ4v) is 1.98. The van der Waals surface area contributed by atoms with Gasteiger partial charge in [0.05, 0.1) is 24.6 Å². The zero-order chi connectivity index (χ0) is 15.2. The fourth-order valence-electron chi connectivity index (χ4n) is 1.98. The Morgan fingerprint density at radius 1 is 1.19 bits per heavy atom. The quantitative estimate of drug-likeness (QED) is 0.846. The lowest BCUT2D eigenvalue weighted by molar-refractivity contribution is 0.566. The highest BCUT2D eigenvalue weighted by molar-refractivity contribution is 5.30. The van der Waals surface area contributed by atoms with Crippen LogP contribution in [0, 0.1) is 0 Å². The second-order valence-electron chi connectivity index (χ2n) is 4.64. The van der Waals surface area contributed by atoms with E-state index in [2.05, 4.69) is 15.3 Å². The molecule has 0 bridgehead atoms. The van der Waals surface area contributed by atoms with Crippen LogP contribution in [0.2, 0.25) is 0 Å². The van der Waals surface area contributed by atoms with Crippen LogP contribution in [0.4, 0.5) is 5.82 Å². The van der Waals surface area contributed by atoms with E-state index >= 15 is 0 Å². The molecule has 0 aliphatic carbocycles. The van der Waals surface area contributed by atoms with Gasteiger partial charge in [0.2, 0.25) is 0 Å². The van der Waals surface area contributed by atoms with Gasteiger partial charge in [-0.15, -0.1) is 0 Å². The summed E-state index contributed by atoms with van der Waals surface area (Å²) in [5.41, 5.74) is -0.0723. The first kappa shape index (κ1) is 15.0. The Hall–Kier alpha value is -2.44. The number of hydrogen-bond acceptors (Lipinski definition) is 5. The Labute approximate surface area is 122 Å². The van der Waals surface area contributed by atoms with E-state index in [1.54, 1.807) is 12.4 Å². The van der Waals surface area contributed by atoms with Crippen molar-refractivity contribution in [1.29, 1.82) is 0 Å². The number of hydrogen-bond donors (Lipinski definition) is 1. The Morgan fingerprint density at radius 3 is 2.62 bits per heavy atom. The van der Waals surface area contributed by atoms with Crippen LogP contribution in [0.15, 0.2) is 34.2 Å². The zero-order valence-electron chi connectivity index (χ0n) is 12.2. The molecule has 0 radical (unpaired) electrons. The largest absolute Gasteiger partial charge is 0.369 e. The van der Waals surface area contributed by atoms with Crippen molar-refractivity contribution in [3.05, 3.63) is 51.2 Å². The van der Waals surface area contributed by atoms with Crippen molar-refractivity contribution < 1.29 is 0 Å². The van der Waals surface area contributed by atoms with E-state index in [1.807, 2.05) is 13.8 Å². The molecule has 2 aromatic rings. The molecule has 0 amide bonds. The van der Waals surface area contributed by atoms with Crippen molar-refractivity contribution in [2.24, 2.45) is 0 Å². The highest BCUT2D eigenvalue weighted by Crippen LogP contribution is 2.01. The van der Waals surface area contributed by atoms with Gasteiger partial charge < -0.3 is 9.88 Å². The molecule has 7 heteroatoms. The minimum Gasteiger partial charge on any atom is -0.369 e. The molecule has 2 aromatic heterocycles. The van der Waals surface area contributed by atoms with Crippen LogP contribution >= 0.6 is 0 Å². The zero-order valence-corrected chi connectivity index (χ0v) is 12.2. The predicted molar refractivity (Wildman–Crippen MR) is 80.6 cm³/mol. The summed E-state index contributed by atoms with van der Waals surface area (Å²) in [7, 11) is 0. The third kappa shape index (κ3) is 3.56. The lowest BCUT2D eigenvalue weighted by atomic mass is 10.4. The molecular weight excluding hydrogens is 270 g/mol. The number of rotatable bonds is 6. The average Bonchev–Trinajstić information content (AvgIpc) is 2.49. The second-order valence-corrected chi connectivity index (χ2v) is 4.64. The van der Waals surface area contributed by atoms with Gasteiger partial charge in [0.25, 0.3) is 5.56 Å². The van der Waals surface area contributed by atoms with Crippen LogP contribution in [0.25, 0.3) is 0 Å². The molecular formula is C14H19N5O2. The van der Waals surface area contributed by atoms with Crippen LogP contribution in [0.3, 0.4) is 0 Å². The molecule has 112 valence electrons. The van der Waals surface area contributed by atoms with Crippen LogP contribution < -0.4 is 16.6 Å². The minimum absolute atomic E-state index is 0.127. The third-order valence-corrected chi connectivity index (χ3v) is 2.99. The Balaban J connectivity index is 2.28. The maximum Gasteiger partial charge on any atom is 0.331 e. The van der Waals surface area contributed by atoms with Gasteiger partial charge in [-0.3, -0.25) is 14.3 Å². The summed E-state index contributed by atoms with van der Waals surface area (Å²) in [4.78, 5) is 32.5. The van der Waals surface area contributed by atoms with E-state index in [9.17, 15) is 9.59 Å². The molecule has 0 saturated carbocycles. The summed E-state index contributed by atoms with van der Waals surface area (Å²) >= 11 is 0. The average molecular weight is 289 g/mol. The number of anilines is 1. The van der Waals surface area contributed by atoms with Gasteiger partial charge in [0.1, 0.15) is 5.82 Å². The van der Waals surface area contributed by atoms with Gasteiger partial charge in [0.15, 0.2) is 0 Å². The van der Waals surface area contributed by atoms with E-state index in [1.165, 1.54) is 21.4 Å². The van der Waals surface area contributed by atoms with Gasteiger partial charge >= 0.3 is 5.69 Å². The topological polar surface area (TPSA) is 81.8 Å². The Bertz CT molecular complexity index is 703. The van der Waals surface area contributed by atoms with Crippen molar-refractivity contribution >= 4 is 5.82 Å². The molecule has 0 fully saturated rings. The number of nitrogens with zero attached hydrogens (tertiary/aromatic N) is 4. The number of nitrogens with one attached hydrogen (secondary N) is 1. The normalized spacial score (nSPS) is 10.6. The molecule has 7 nitrogen and oxygen atoms in total. The van der Waals surface area contributed by atoms with E-state index in [-0.39, 0.29) is 17.8 Å². The Morgan fingerprint density at radius 2 is 2.00 bits per heavy atom. The summed E-state index contributed by atoms with van der Waals surface area (Å²) in [5.74, 6) is 0.671. The van der Waals surface area contributed by atoms with Gasteiger partial charge in [-0.2, -0.15) is 0 Å². The highest BCUT2D eigenvalue weighted by atomic mass is 16.2. The molecule has 0 saturated heterocycles. The lowest BCUT2D eigenvalue weighted by Gasteiger charge is -2.09. The van der Waals surface area contributed by atoms with Crippen molar-refractivity contribution in [1.82, 2.24) is 19.1 Å². The van der Waals surface area contributed by atoms with Crippen LogP contribution in [0.5, 0.6) is 0 Å². The second kappa shape index (κ2) is 6.83. The van der Waals surface area contributed by atoms with Gasteiger partial charge in [-0.25, -0.2) is 9.78 Å². The van der Waals surface area contributed by atoms with E-state index in [0.29, 0.717) is 18.1 Å². The summed E-state index contributed by atoms with van der Waals surface area (Å²) in [6, 6.07) is 1.40. The van der Waals surface area contributed by atoms with Crippen LogP contribution in [-0.2, 0) is 13.1 Å². The summed E-state index contributed by atoms with van der Waals surface area (Å²) in [6.07, 6.45) is 5.53. The van der Waals surface area contributed by atoms with E-state index in [0.717, 1.165) is 13.0 Å². The highest BCUT2D eigenvalue weighted by Gasteiger charge is 2.07. The summed E-state index contributed by atoms with van der Waals surface area (Å²) in [6.45, 7) is 5.42. The molecule has 1 N–H and O–H groups in total. The first-order chi connectivity index (χ1) is 10.2. The van der Waals surface area contributed by atoms with Gasteiger partial charge in [-0.05, 0) is 13.3 Å². The maximum atomic E-state index is 12.2. The maximum absolute atomic E-state index is 12.2. The van der Waals surface area contributed by atoms with Crippen LogP contribution in [-0.4, -0.2) is 25.6 Å². The Kier molecular flexibility index (Phi) is 4.86. The van der Waals surface area contributed by atoms with Crippen LogP contribution in [0.1, 0.15) is 26.0 Å². The molecule has 0 aliphatic heterocycles. The summed E-state index contributed by atoms with van der Waals surface area (Å²) in [5, 5.41) is 3.04.